The minimum Gasteiger partial charge on any atom is -0.465 e. The van der Waals surface area contributed by atoms with Crippen LogP contribution in [0, 0.1) is 10.1 Å². The fraction of sp³-hybridized carbons (Fsp3) is 0.560. The van der Waals surface area contributed by atoms with Crippen molar-refractivity contribution in [3.63, 3.8) is 0 Å². The highest BCUT2D eigenvalue weighted by Gasteiger charge is 2.30. The fourth-order valence-electron chi connectivity index (χ4n) is 4.27. The third kappa shape index (κ3) is 7.51. The van der Waals surface area contributed by atoms with E-state index in [9.17, 15) is 14.9 Å². The van der Waals surface area contributed by atoms with Crippen LogP contribution in [-0.4, -0.2) is 58.1 Å². The normalized spacial score (nSPS) is 14.4. The number of aromatic nitrogens is 2. The van der Waals surface area contributed by atoms with Gasteiger partial charge in [-0.25, -0.2) is 0 Å². The van der Waals surface area contributed by atoms with E-state index in [4.69, 9.17) is 15.2 Å². The summed E-state index contributed by atoms with van der Waals surface area (Å²) in [7, 11) is 0. The van der Waals surface area contributed by atoms with Crippen LogP contribution in [0.15, 0.2) is 24.3 Å². The van der Waals surface area contributed by atoms with Crippen LogP contribution in [0.2, 0.25) is 0 Å². The number of nitrogens with zero attached hydrogens (tertiary/aromatic N) is 5. The standard InChI is InChI=1S/C25H36N6O5/c1-4-8-18(3)36-25-27-23(26)22(31(33)34)24(28-25)30(17-21(32)35-5-2)16-20-11-9-19(10-12-20)15-29-13-6-7-14-29/h9-12,18H,4-8,13-17H2,1-3H3,(H2,26,27,28)/t18-/m1/s1. The molecule has 3 rings (SSSR count). The first kappa shape index (κ1) is 27.1. The van der Waals surface area contributed by atoms with Gasteiger partial charge in [0.2, 0.25) is 11.6 Å². The molecule has 0 aliphatic carbocycles. The second-order valence-corrected chi connectivity index (χ2v) is 9.00. The van der Waals surface area contributed by atoms with Gasteiger partial charge in [0.25, 0.3) is 0 Å². The number of nitro groups is 1. The Morgan fingerprint density at radius 3 is 2.47 bits per heavy atom. The summed E-state index contributed by atoms with van der Waals surface area (Å²) in [6.45, 7) is 8.82. The molecule has 0 amide bonds. The molecule has 0 unspecified atom stereocenters. The van der Waals surface area contributed by atoms with Gasteiger partial charge in [0.1, 0.15) is 6.54 Å². The lowest BCUT2D eigenvalue weighted by Gasteiger charge is -2.24. The minimum atomic E-state index is -0.638. The van der Waals surface area contributed by atoms with E-state index in [1.807, 2.05) is 38.1 Å². The summed E-state index contributed by atoms with van der Waals surface area (Å²) in [5.41, 5.74) is 7.55. The SMILES string of the molecule is CCC[C@@H](C)Oc1nc(N)c([N+](=O)[O-])c(N(CC(=O)OCC)Cc2ccc(CN3CCCC3)cc2)n1. The molecule has 0 bridgehead atoms. The smallest absolute Gasteiger partial charge is 0.353 e. The van der Waals surface area contributed by atoms with Crippen LogP contribution < -0.4 is 15.4 Å². The van der Waals surface area contributed by atoms with E-state index >= 15 is 0 Å². The number of anilines is 2. The van der Waals surface area contributed by atoms with E-state index in [1.54, 1.807) is 6.92 Å². The summed E-state index contributed by atoms with van der Waals surface area (Å²) < 4.78 is 10.9. The van der Waals surface area contributed by atoms with E-state index in [0.717, 1.165) is 38.0 Å². The van der Waals surface area contributed by atoms with Crippen molar-refractivity contribution in [1.29, 1.82) is 0 Å². The number of hydrogen-bond donors (Lipinski definition) is 1. The molecule has 0 saturated carbocycles. The Kier molecular flexibility index (Phi) is 9.80. The first-order valence-electron chi connectivity index (χ1n) is 12.5. The Morgan fingerprint density at radius 1 is 1.19 bits per heavy atom. The Hall–Kier alpha value is -3.47. The van der Waals surface area contributed by atoms with Gasteiger partial charge in [-0.05, 0) is 57.3 Å². The zero-order chi connectivity index (χ0) is 26.1. The van der Waals surface area contributed by atoms with Crippen LogP contribution >= 0.6 is 0 Å². The molecule has 36 heavy (non-hydrogen) atoms. The van der Waals surface area contributed by atoms with Gasteiger partial charge in [-0.1, -0.05) is 37.6 Å². The number of hydrogen-bond acceptors (Lipinski definition) is 10. The number of nitrogens with two attached hydrogens (primary N) is 1. The van der Waals surface area contributed by atoms with Crippen LogP contribution in [0.25, 0.3) is 0 Å². The number of carbonyl (C=O) groups excluding carboxylic acids is 1. The Balaban J connectivity index is 1.91. The zero-order valence-corrected chi connectivity index (χ0v) is 21.3. The number of esters is 1. The van der Waals surface area contributed by atoms with Crippen molar-refractivity contribution in [3.05, 3.63) is 45.5 Å². The van der Waals surface area contributed by atoms with Crippen LogP contribution in [0.3, 0.4) is 0 Å². The molecule has 1 atom stereocenters. The quantitative estimate of drug-likeness (QED) is 0.246. The lowest BCUT2D eigenvalue weighted by atomic mass is 10.1. The van der Waals surface area contributed by atoms with Crippen molar-refractivity contribution >= 4 is 23.3 Å². The fourth-order valence-corrected chi connectivity index (χ4v) is 4.27. The summed E-state index contributed by atoms with van der Waals surface area (Å²) in [5.74, 6) is -0.935. The molecule has 2 N–H and O–H groups in total. The number of nitrogen functional groups attached to an aromatic ring is 1. The summed E-state index contributed by atoms with van der Waals surface area (Å²) in [5, 5.41) is 11.9. The topological polar surface area (TPSA) is 137 Å². The maximum Gasteiger partial charge on any atom is 0.353 e. The van der Waals surface area contributed by atoms with E-state index in [1.165, 1.54) is 23.3 Å². The Bertz CT molecular complexity index is 1030. The van der Waals surface area contributed by atoms with E-state index < -0.39 is 16.6 Å². The Labute approximate surface area is 211 Å². The zero-order valence-electron chi connectivity index (χ0n) is 21.3. The predicted molar refractivity (Wildman–Crippen MR) is 137 cm³/mol. The molecule has 11 heteroatoms. The Morgan fingerprint density at radius 2 is 1.86 bits per heavy atom. The van der Waals surface area contributed by atoms with Crippen molar-refractivity contribution in [2.45, 2.75) is 65.6 Å². The van der Waals surface area contributed by atoms with Crippen LogP contribution in [0.1, 0.15) is 57.6 Å². The molecule has 1 aromatic heterocycles. The summed E-state index contributed by atoms with van der Waals surface area (Å²) in [4.78, 5) is 35.9. The lowest BCUT2D eigenvalue weighted by molar-refractivity contribution is -0.383. The van der Waals surface area contributed by atoms with E-state index in [0.29, 0.717) is 0 Å². The number of rotatable bonds is 13. The average molecular weight is 501 g/mol. The molecule has 1 fully saturated rings. The van der Waals surface area contributed by atoms with E-state index in [2.05, 4.69) is 14.9 Å². The first-order chi connectivity index (χ1) is 17.3. The number of benzene rings is 1. The lowest BCUT2D eigenvalue weighted by Crippen LogP contribution is -2.32. The molecule has 1 saturated heterocycles. The average Bonchev–Trinajstić information content (AvgIpc) is 3.32. The number of likely N-dealkylation sites (tertiary alicyclic amines) is 1. The molecule has 0 radical (unpaired) electrons. The second-order valence-electron chi connectivity index (χ2n) is 9.00. The highest BCUT2D eigenvalue weighted by Crippen LogP contribution is 2.34. The monoisotopic (exact) mass is 500 g/mol. The first-order valence-corrected chi connectivity index (χ1v) is 12.5. The molecular weight excluding hydrogens is 464 g/mol. The third-order valence-corrected chi connectivity index (χ3v) is 5.98. The molecule has 2 aromatic rings. The van der Waals surface area contributed by atoms with Crippen molar-refractivity contribution in [3.8, 4) is 6.01 Å². The highest BCUT2D eigenvalue weighted by molar-refractivity contribution is 5.78. The predicted octanol–water partition coefficient (Wildman–Crippen LogP) is 3.70. The van der Waals surface area contributed by atoms with Crippen molar-refractivity contribution in [1.82, 2.24) is 14.9 Å². The molecule has 2 heterocycles. The van der Waals surface area contributed by atoms with Crippen molar-refractivity contribution in [2.75, 3.05) is 36.9 Å². The van der Waals surface area contributed by atoms with Crippen LogP contribution in [0.4, 0.5) is 17.3 Å². The number of carbonyl (C=O) groups is 1. The van der Waals surface area contributed by atoms with Gasteiger partial charge in [-0.2, -0.15) is 9.97 Å². The second kappa shape index (κ2) is 13.0. The van der Waals surface area contributed by atoms with Gasteiger partial charge >= 0.3 is 17.7 Å². The van der Waals surface area contributed by atoms with Gasteiger partial charge in [-0.15, -0.1) is 0 Å². The molecule has 1 aromatic carbocycles. The summed E-state index contributed by atoms with van der Waals surface area (Å²) >= 11 is 0. The molecule has 196 valence electrons. The molecule has 1 aliphatic rings. The van der Waals surface area contributed by atoms with E-state index in [-0.39, 0.29) is 43.4 Å². The van der Waals surface area contributed by atoms with Gasteiger partial charge in [0.05, 0.1) is 17.6 Å². The number of ether oxygens (including phenoxy) is 2. The van der Waals surface area contributed by atoms with Crippen molar-refractivity contribution < 1.29 is 19.2 Å². The van der Waals surface area contributed by atoms with Crippen LogP contribution in [0.5, 0.6) is 6.01 Å². The molecule has 0 spiro atoms. The molecule has 1 aliphatic heterocycles. The minimum absolute atomic E-state index is 0.0659. The molecule has 11 nitrogen and oxygen atoms in total. The van der Waals surface area contributed by atoms with Crippen LogP contribution in [-0.2, 0) is 22.6 Å². The third-order valence-electron chi connectivity index (χ3n) is 5.98. The maximum atomic E-state index is 12.4. The van der Waals surface area contributed by atoms with Gasteiger partial charge in [0.15, 0.2) is 0 Å². The highest BCUT2D eigenvalue weighted by atomic mass is 16.6. The summed E-state index contributed by atoms with van der Waals surface area (Å²) in [6, 6.07) is 7.94. The molecular formula is C25H36N6O5. The summed E-state index contributed by atoms with van der Waals surface area (Å²) in [6.07, 6.45) is 3.89. The largest absolute Gasteiger partial charge is 0.465 e. The maximum absolute atomic E-state index is 12.4. The van der Waals surface area contributed by atoms with Gasteiger partial charge in [-0.3, -0.25) is 19.8 Å². The van der Waals surface area contributed by atoms with Gasteiger partial charge in [0, 0.05) is 13.1 Å². The van der Waals surface area contributed by atoms with Crippen molar-refractivity contribution in [2.24, 2.45) is 0 Å². The van der Waals surface area contributed by atoms with Gasteiger partial charge < -0.3 is 20.1 Å².